The van der Waals surface area contributed by atoms with Crippen molar-refractivity contribution in [1.82, 2.24) is 4.98 Å². The van der Waals surface area contributed by atoms with Crippen LogP contribution in [-0.4, -0.2) is 31.8 Å². The first-order valence-electron chi connectivity index (χ1n) is 12.0. The summed E-state index contributed by atoms with van der Waals surface area (Å²) >= 11 is 0. The summed E-state index contributed by atoms with van der Waals surface area (Å²) in [5.41, 5.74) is 5.02. The number of benzene rings is 2. The standard InChI is InChI=1S/C30H35NO4/c1-7-8-18-35-28-24(14-11-17-31-28)23-19-22(27(33-5)26(20-23)30(2,3)4)16-15-21-12-9-10-13-25(21)29(32)34-6/h9-17,19-20H,7-8,18H2,1-6H3/b16-15+. The number of unbranched alkanes of at least 4 members (excludes halogenated alkanes) is 1. The van der Waals surface area contributed by atoms with Crippen molar-refractivity contribution in [2.24, 2.45) is 0 Å². The van der Waals surface area contributed by atoms with Gasteiger partial charge in [0.05, 0.1) is 26.4 Å². The van der Waals surface area contributed by atoms with Crippen molar-refractivity contribution in [3.8, 4) is 22.8 Å². The largest absolute Gasteiger partial charge is 0.496 e. The van der Waals surface area contributed by atoms with Crippen LogP contribution in [0.15, 0.2) is 54.7 Å². The van der Waals surface area contributed by atoms with E-state index in [1.54, 1.807) is 19.4 Å². The van der Waals surface area contributed by atoms with Crippen molar-refractivity contribution >= 4 is 18.1 Å². The van der Waals surface area contributed by atoms with Crippen LogP contribution in [0.4, 0.5) is 0 Å². The Kier molecular flexibility index (Phi) is 8.69. The number of hydrogen-bond donors (Lipinski definition) is 0. The third kappa shape index (κ3) is 6.30. The Bertz CT molecular complexity index is 1190. The highest BCUT2D eigenvalue weighted by atomic mass is 16.5. The highest BCUT2D eigenvalue weighted by Crippen LogP contribution is 2.40. The zero-order valence-corrected chi connectivity index (χ0v) is 21.6. The van der Waals surface area contributed by atoms with Gasteiger partial charge in [0.2, 0.25) is 5.88 Å². The van der Waals surface area contributed by atoms with Gasteiger partial charge in [-0.1, -0.05) is 64.5 Å². The van der Waals surface area contributed by atoms with Gasteiger partial charge in [-0.2, -0.15) is 0 Å². The summed E-state index contributed by atoms with van der Waals surface area (Å²) in [6.45, 7) is 9.25. The lowest BCUT2D eigenvalue weighted by molar-refractivity contribution is 0.0600. The first-order chi connectivity index (χ1) is 16.8. The molecule has 5 nitrogen and oxygen atoms in total. The fourth-order valence-corrected chi connectivity index (χ4v) is 3.87. The maximum absolute atomic E-state index is 12.2. The molecule has 0 spiro atoms. The molecular weight excluding hydrogens is 438 g/mol. The average Bonchev–Trinajstić information content (AvgIpc) is 2.86. The van der Waals surface area contributed by atoms with E-state index in [-0.39, 0.29) is 11.4 Å². The van der Waals surface area contributed by atoms with Gasteiger partial charge in [0.15, 0.2) is 0 Å². The molecule has 0 radical (unpaired) electrons. The molecule has 35 heavy (non-hydrogen) atoms. The minimum Gasteiger partial charge on any atom is -0.496 e. The molecule has 0 aliphatic rings. The zero-order chi connectivity index (χ0) is 25.4. The summed E-state index contributed by atoms with van der Waals surface area (Å²) in [6, 6.07) is 15.6. The maximum Gasteiger partial charge on any atom is 0.338 e. The van der Waals surface area contributed by atoms with E-state index in [0.717, 1.165) is 46.4 Å². The fourth-order valence-electron chi connectivity index (χ4n) is 3.87. The molecule has 184 valence electrons. The minimum absolute atomic E-state index is 0.167. The van der Waals surface area contributed by atoms with Crippen LogP contribution in [0.1, 0.15) is 67.6 Å². The molecule has 0 N–H and O–H groups in total. The molecule has 2 aromatic carbocycles. The molecular formula is C30H35NO4. The molecule has 5 heteroatoms. The number of pyridine rings is 1. The Hall–Kier alpha value is -3.60. The number of hydrogen-bond acceptors (Lipinski definition) is 5. The highest BCUT2D eigenvalue weighted by molar-refractivity contribution is 5.95. The van der Waals surface area contributed by atoms with E-state index in [1.807, 2.05) is 42.5 Å². The summed E-state index contributed by atoms with van der Waals surface area (Å²) in [5, 5.41) is 0. The molecule has 0 atom stereocenters. The number of esters is 1. The first kappa shape index (κ1) is 26.0. The van der Waals surface area contributed by atoms with E-state index in [2.05, 4.69) is 44.8 Å². The van der Waals surface area contributed by atoms with E-state index in [4.69, 9.17) is 14.2 Å². The van der Waals surface area contributed by atoms with Crippen molar-refractivity contribution in [3.05, 3.63) is 77.0 Å². The summed E-state index contributed by atoms with van der Waals surface area (Å²) in [7, 11) is 3.08. The minimum atomic E-state index is -0.370. The number of carbonyl (C=O) groups excluding carboxylic acids is 1. The van der Waals surface area contributed by atoms with Crippen molar-refractivity contribution in [3.63, 3.8) is 0 Å². The molecule has 0 bridgehead atoms. The quantitative estimate of drug-likeness (QED) is 0.187. The van der Waals surface area contributed by atoms with Gasteiger partial charge in [-0.15, -0.1) is 0 Å². The van der Waals surface area contributed by atoms with Crippen LogP contribution in [-0.2, 0) is 10.2 Å². The average molecular weight is 474 g/mol. The number of rotatable bonds is 9. The highest BCUT2D eigenvalue weighted by Gasteiger charge is 2.23. The van der Waals surface area contributed by atoms with Gasteiger partial charge in [-0.25, -0.2) is 9.78 Å². The van der Waals surface area contributed by atoms with Crippen LogP contribution in [0.5, 0.6) is 11.6 Å². The summed E-state index contributed by atoms with van der Waals surface area (Å²) in [5.74, 6) is 1.05. The van der Waals surface area contributed by atoms with Crippen molar-refractivity contribution < 1.29 is 19.0 Å². The van der Waals surface area contributed by atoms with Crippen LogP contribution >= 0.6 is 0 Å². The van der Waals surface area contributed by atoms with Gasteiger partial charge >= 0.3 is 5.97 Å². The van der Waals surface area contributed by atoms with Gasteiger partial charge < -0.3 is 14.2 Å². The topological polar surface area (TPSA) is 57.7 Å². The second kappa shape index (κ2) is 11.7. The summed E-state index contributed by atoms with van der Waals surface area (Å²) in [4.78, 5) is 16.7. The van der Waals surface area contributed by atoms with Gasteiger partial charge in [0, 0.05) is 22.9 Å². The van der Waals surface area contributed by atoms with Crippen LogP contribution in [0, 0.1) is 0 Å². The fraction of sp³-hybridized carbons (Fsp3) is 0.333. The normalized spacial score (nSPS) is 11.5. The van der Waals surface area contributed by atoms with Crippen LogP contribution < -0.4 is 9.47 Å². The summed E-state index contributed by atoms with van der Waals surface area (Å²) in [6.07, 6.45) is 7.68. The number of nitrogens with zero attached hydrogens (tertiary/aromatic N) is 1. The van der Waals surface area contributed by atoms with E-state index < -0.39 is 0 Å². The molecule has 0 saturated carbocycles. The second-order valence-corrected chi connectivity index (χ2v) is 9.37. The van der Waals surface area contributed by atoms with Gasteiger partial charge in [-0.3, -0.25) is 0 Å². The van der Waals surface area contributed by atoms with Crippen LogP contribution in [0.2, 0.25) is 0 Å². The van der Waals surface area contributed by atoms with Gasteiger partial charge in [0.1, 0.15) is 5.75 Å². The van der Waals surface area contributed by atoms with Gasteiger partial charge in [-0.05, 0) is 53.3 Å². The third-order valence-corrected chi connectivity index (χ3v) is 5.76. The SMILES string of the molecule is CCCCOc1ncccc1-c1cc(/C=C/c2ccccc2C(=O)OC)c(OC)c(C(C)(C)C)c1. The molecule has 0 fully saturated rings. The van der Waals surface area contributed by atoms with E-state index in [9.17, 15) is 4.79 Å². The second-order valence-electron chi connectivity index (χ2n) is 9.37. The van der Waals surface area contributed by atoms with E-state index >= 15 is 0 Å². The van der Waals surface area contributed by atoms with Crippen molar-refractivity contribution in [2.75, 3.05) is 20.8 Å². The van der Waals surface area contributed by atoms with Gasteiger partial charge in [0.25, 0.3) is 0 Å². The molecule has 0 saturated heterocycles. The predicted molar refractivity (Wildman–Crippen MR) is 142 cm³/mol. The van der Waals surface area contributed by atoms with E-state index in [0.29, 0.717) is 18.1 Å². The van der Waals surface area contributed by atoms with Crippen LogP contribution in [0.3, 0.4) is 0 Å². The Balaban J connectivity index is 2.16. The lowest BCUT2D eigenvalue weighted by Crippen LogP contribution is -2.14. The molecule has 0 amide bonds. The smallest absolute Gasteiger partial charge is 0.338 e. The number of ether oxygens (including phenoxy) is 3. The zero-order valence-electron chi connectivity index (χ0n) is 21.6. The first-order valence-corrected chi connectivity index (χ1v) is 12.0. The van der Waals surface area contributed by atoms with Crippen molar-refractivity contribution in [1.29, 1.82) is 0 Å². The predicted octanol–water partition coefficient (Wildman–Crippen LogP) is 7.19. The van der Waals surface area contributed by atoms with Crippen LogP contribution in [0.25, 0.3) is 23.3 Å². The molecule has 0 unspecified atom stereocenters. The number of aromatic nitrogens is 1. The molecule has 0 aliphatic carbocycles. The molecule has 0 aliphatic heterocycles. The maximum atomic E-state index is 12.2. The van der Waals surface area contributed by atoms with E-state index in [1.165, 1.54) is 7.11 Å². The molecule has 1 aromatic heterocycles. The lowest BCUT2D eigenvalue weighted by atomic mass is 9.83. The lowest BCUT2D eigenvalue weighted by Gasteiger charge is -2.25. The Morgan fingerprint density at radius 2 is 1.74 bits per heavy atom. The number of carbonyl (C=O) groups is 1. The monoisotopic (exact) mass is 473 g/mol. The van der Waals surface area contributed by atoms with Crippen molar-refractivity contribution in [2.45, 2.75) is 46.0 Å². The summed E-state index contributed by atoms with van der Waals surface area (Å²) < 4.78 is 16.9. The third-order valence-electron chi connectivity index (χ3n) is 5.76. The molecule has 3 aromatic rings. The Morgan fingerprint density at radius 1 is 1.00 bits per heavy atom. The molecule has 3 rings (SSSR count). The molecule has 1 heterocycles. The Labute approximate surface area is 208 Å². The Morgan fingerprint density at radius 3 is 2.43 bits per heavy atom. The number of methoxy groups -OCH3 is 2.